The number of sulfonamides is 1. The lowest BCUT2D eigenvalue weighted by Crippen LogP contribution is -2.50. The van der Waals surface area contributed by atoms with Gasteiger partial charge in [-0.05, 0) is 19.1 Å². The second kappa shape index (κ2) is 8.59. The lowest BCUT2D eigenvalue weighted by molar-refractivity contribution is 0.0693. The molecule has 1 saturated heterocycles. The van der Waals surface area contributed by atoms with Crippen LogP contribution in [0, 0.1) is 18.3 Å². The fourth-order valence-electron chi connectivity index (χ4n) is 3.42. The van der Waals surface area contributed by atoms with Gasteiger partial charge in [-0.2, -0.15) is 9.57 Å². The van der Waals surface area contributed by atoms with Gasteiger partial charge in [0.05, 0.1) is 10.5 Å². The lowest BCUT2D eigenvalue weighted by atomic mass is 10.2. The molecule has 0 saturated carbocycles. The Hall–Kier alpha value is -3.06. The lowest BCUT2D eigenvalue weighted by Gasteiger charge is -2.33. The number of carbonyl (C=O) groups excluding carboxylic acids is 1. The van der Waals surface area contributed by atoms with E-state index in [2.05, 4.69) is 4.98 Å². The maximum atomic E-state index is 13.0. The van der Waals surface area contributed by atoms with E-state index in [1.807, 2.05) is 37.3 Å². The highest BCUT2D eigenvalue weighted by molar-refractivity contribution is 7.89. The van der Waals surface area contributed by atoms with E-state index < -0.39 is 10.0 Å². The van der Waals surface area contributed by atoms with Crippen molar-refractivity contribution in [1.82, 2.24) is 14.2 Å². The first-order valence-corrected chi connectivity index (χ1v) is 12.0. The summed E-state index contributed by atoms with van der Waals surface area (Å²) in [5, 5.41) is 11.7. The maximum Gasteiger partial charge on any atom is 0.273 e. The number of nitrogens with zero attached hydrogens (tertiary/aromatic N) is 4. The van der Waals surface area contributed by atoms with Crippen LogP contribution in [0.15, 0.2) is 58.8 Å². The molecule has 2 heterocycles. The van der Waals surface area contributed by atoms with Gasteiger partial charge in [0.1, 0.15) is 16.8 Å². The highest BCUT2D eigenvalue weighted by Gasteiger charge is 2.32. The van der Waals surface area contributed by atoms with E-state index in [9.17, 15) is 18.5 Å². The molecule has 0 N–H and O–H groups in total. The summed E-state index contributed by atoms with van der Waals surface area (Å²) in [5.74, 6) is -0.205. The minimum Gasteiger partial charge on any atom is -0.335 e. The second-order valence-electron chi connectivity index (χ2n) is 7.21. The van der Waals surface area contributed by atoms with Crippen LogP contribution in [0.3, 0.4) is 0 Å². The molecule has 1 fully saturated rings. The molecule has 0 aliphatic carbocycles. The topological polar surface area (TPSA) is 94.4 Å². The Balaban J connectivity index is 1.45. The van der Waals surface area contributed by atoms with E-state index in [0.29, 0.717) is 5.69 Å². The van der Waals surface area contributed by atoms with Gasteiger partial charge in [0.25, 0.3) is 5.91 Å². The molecule has 1 aliphatic heterocycles. The number of thiazole rings is 1. The zero-order valence-electron chi connectivity index (χ0n) is 16.9. The minimum atomic E-state index is -3.79. The zero-order chi connectivity index (χ0) is 22.0. The number of rotatable bonds is 4. The molecule has 1 aromatic heterocycles. The fourth-order valence-corrected chi connectivity index (χ4v) is 5.78. The van der Waals surface area contributed by atoms with Crippen molar-refractivity contribution in [3.63, 3.8) is 0 Å². The Morgan fingerprint density at radius 3 is 2.42 bits per heavy atom. The van der Waals surface area contributed by atoms with Gasteiger partial charge in [0, 0.05) is 37.1 Å². The molecule has 0 unspecified atom stereocenters. The third kappa shape index (κ3) is 4.23. The molecule has 9 heteroatoms. The molecule has 0 spiro atoms. The fraction of sp³-hybridized carbons (Fsp3) is 0.227. The van der Waals surface area contributed by atoms with Gasteiger partial charge in [-0.25, -0.2) is 13.4 Å². The molecular formula is C22H20N4O3S2. The van der Waals surface area contributed by atoms with Crippen molar-refractivity contribution < 1.29 is 13.2 Å². The van der Waals surface area contributed by atoms with Crippen molar-refractivity contribution in [1.29, 1.82) is 5.26 Å². The van der Waals surface area contributed by atoms with E-state index in [4.69, 9.17) is 0 Å². The van der Waals surface area contributed by atoms with Crippen LogP contribution in [0.25, 0.3) is 10.6 Å². The third-order valence-corrected chi connectivity index (χ3v) is 8.02. The first kappa shape index (κ1) is 21.2. The molecule has 158 valence electrons. The van der Waals surface area contributed by atoms with Gasteiger partial charge in [0.15, 0.2) is 0 Å². The summed E-state index contributed by atoms with van der Waals surface area (Å²) in [6.07, 6.45) is 0. The van der Waals surface area contributed by atoms with Crippen LogP contribution >= 0.6 is 11.3 Å². The highest BCUT2D eigenvalue weighted by atomic mass is 32.2. The van der Waals surface area contributed by atoms with Gasteiger partial charge in [-0.3, -0.25) is 4.79 Å². The second-order valence-corrected chi connectivity index (χ2v) is 9.97. The van der Waals surface area contributed by atoms with Crippen LogP contribution < -0.4 is 0 Å². The molecule has 0 radical (unpaired) electrons. The van der Waals surface area contributed by atoms with E-state index >= 15 is 0 Å². The van der Waals surface area contributed by atoms with Gasteiger partial charge in [-0.1, -0.05) is 42.0 Å². The summed E-state index contributed by atoms with van der Waals surface area (Å²) in [7, 11) is -3.79. The average Bonchev–Trinajstić information content (AvgIpc) is 3.29. The Labute approximate surface area is 185 Å². The Morgan fingerprint density at radius 1 is 1.06 bits per heavy atom. The molecule has 3 aromatic rings. The average molecular weight is 453 g/mol. The van der Waals surface area contributed by atoms with E-state index in [1.54, 1.807) is 22.4 Å². The molecule has 0 atom stereocenters. The summed E-state index contributed by atoms with van der Waals surface area (Å²) in [6.45, 7) is 2.89. The number of aryl methyl sites for hydroxylation is 1. The molecule has 1 aliphatic rings. The van der Waals surface area contributed by atoms with Crippen LogP contribution in [0.5, 0.6) is 0 Å². The maximum absolute atomic E-state index is 13.0. The normalized spacial score (nSPS) is 14.9. The molecule has 1 amide bonds. The number of piperazine rings is 1. The van der Waals surface area contributed by atoms with Crippen molar-refractivity contribution in [2.24, 2.45) is 0 Å². The van der Waals surface area contributed by atoms with Crippen LogP contribution in [0.2, 0.25) is 0 Å². The summed E-state index contributed by atoms with van der Waals surface area (Å²) < 4.78 is 27.2. The predicted molar refractivity (Wildman–Crippen MR) is 118 cm³/mol. The van der Waals surface area contributed by atoms with Crippen molar-refractivity contribution in [2.75, 3.05) is 26.2 Å². The van der Waals surface area contributed by atoms with E-state index in [1.165, 1.54) is 27.8 Å². The monoisotopic (exact) mass is 452 g/mol. The summed E-state index contributed by atoms with van der Waals surface area (Å²) in [4.78, 5) is 19.0. The van der Waals surface area contributed by atoms with Crippen molar-refractivity contribution in [3.8, 4) is 16.6 Å². The van der Waals surface area contributed by atoms with Crippen molar-refractivity contribution in [3.05, 3.63) is 70.7 Å². The molecule has 0 bridgehead atoms. The standard InChI is InChI=1S/C22H20N4O3S2/c1-16-6-8-17(9-7-16)21-24-19(15-30-21)22(27)25-10-12-26(13-11-25)31(28,29)20-5-3-2-4-18(20)14-23/h2-9,15H,10-13H2,1H3. The zero-order valence-corrected chi connectivity index (χ0v) is 18.5. The number of hydrogen-bond donors (Lipinski definition) is 0. The Morgan fingerprint density at radius 2 is 1.74 bits per heavy atom. The number of nitriles is 1. The van der Waals surface area contributed by atoms with Crippen LogP contribution in [-0.2, 0) is 10.0 Å². The number of aromatic nitrogens is 1. The first-order valence-electron chi connectivity index (χ1n) is 9.71. The smallest absolute Gasteiger partial charge is 0.273 e. The number of benzene rings is 2. The Kier molecular flexibility index (Phi) is 5.87. The summed E-state index contributed by atoms with van der Waals surface area (Å²) in [6, 6.07) is 16.0. The third-order valence-electron chi connectivity index (χ3n) is 5.17. The highest BCUT2D eigenvalue weighted by Crippen LogP contribution is 2.25. The molecule has 4 rings (SSSR count). The van der Waals surface area contributed by atoms with Crippen LogP contribution in [0.1, 0.15) is 21.6 Å². The molecule has 31 heavy (non-hydrogen) atoms. The summed E-state index contributed by atoms with van der Waals surface area (Å²) in [5.41, 5.74) is 2.60. The quantitative estimate of drug-likeness (QED) is 0.606. The molecular weight excluding hydrogens is 432 g/mol. The largest absolute Gasteiger partial charge is 0.335 e. The number of hydrogen-bond acceptors (Lipinski definition) is 6. The van der Waals surface area contributed by atoms with Gasteiger partial charge < -0.3 is 4.90 Å². The minimum absolute atomic E-state index is 0.000447. The van der Waals surface area contributed by atoms with Crippen LogP contribution in [-0.4, -0.2) is 54.7 Å². The Bertz CT molecular complexity index is 1250. The van der Waals surface area contributed by atoms with Crippen molar-refractivity contribution in [2.45, 2.75) is 11.8 Å². The van der Waals surface area contributed by atoms with Gasteiger partial charge in [0.2, 0.25) is 10.0 Å². The molecule has 7 nitrogen and oxygen atoms in total. The molecule has 2 aromatic carbocycles. The number of amides is 1. The van der Waals surface area contributed by atoms with Gasteiger partial charge in [-0.15, -0.1) is 11.3 Å². The van der Waals surface area contributed by atoms with Crippen LogP contribution in [0.4, 0.5) is 0 Å². The SMILES string of the molecule is Cc1ccc(-c2nc(C(=O)N3CCN(S(=O)(=O)c4ccccc4C#N)CC3)cs2)cc1. The predicted octanol–water partition coefficient (Wildman–Crippen LogP) is 3.14. The van der Waals surface area contributed by atoms with Gasteiger partial charge >= 0.3 is 0 Å². The van der Waals surface area contributed by atoms with E-state index in [-0.39, 0.29) is 42.5 Å². The number of carbonyl (C=O) groups is 1. The van der Waals surface area contributed by atoms with E-state index in [0.717, 1.165) is 16.1 Å². The summed E-state index contributed by atoms with van der Waals surface area (Å²) >= 11 is 1.41. The first-order chi connectivity index (χ1) is 14.9. The van der Waals surface area contributed by atoms with Crippen molar-refractivity contribution >= 4 is 27.3 Å².